The second-order valence-corrected chi connectivity index (χ2v) is 8.03. The smallest absolute Gasteiger partial charge is 0.307 e. The van der Waals surface area contributed by atoms with E-state index in [4.69, 9.17) is 9.15 Å². The minimum absolute atomic E-state index is 0.0423. The first-order chi connectivity index (χ1) is 13.9. The number of nitro benzene ring substituents is 1. The van der Waals surface area contributed by atoms with Crippen LogP contribution >= 0.6 is 45.2 Å². The zero-order valence-electron chi connectivity index (χ0n) is 14.7. The monoisotopic (exact) mass is 617 g/mol. The highest BCUT2D eigenvalue weighted by Gasteiger charge is 2.10. The number of hydrogen-bond acceptors (Lipinski definition) is 6. The highest BCUT2D eigenvalue weighted by molar-refractivity contribution is 14.1. The van der Waals surface area contributed by atoms with Crippen LogP contribution in [0.15, 0.2) is 64.3 Å². The topological polar surface area (TPSA) is 107 Å². The molecule has 0 unspecified atom stereocenters. The number of carbonyl (C=O) groups is 1. The largest absolute Gasteiger partial charge is 0.487 e. The van der Waals surface area contributed by atoms with Gasteiger partial charge in [-0.25, -0.2) is 5.43 Å². The maximum absolute atomic E-state index is 11.8. The standard InChI is InChI=1S/C19H13I2N3O5/c20-15-8-13(10-22-23-19(25)17-2-1-7-28-17)9-16(21)18(15)29-11-12-3-5-14(6-4-12)24(26)27/h1-10H,11H2,(H,23,25)/b22-10-. The predicted molar refractivity (Wildman–Crippen MR) is 123 cm³/mol. The Morgan fingerprint density at radius 1 is 1.21 bits per heavy atom. The molecule has 29 heavy (non-hydrogen) atoms. The Labute approximate surface area is 192 Å². The maximum Gasteiger partial charge on any atom is 0.307 e. The SMILES string of the molecule is O=C(N/N=C\c1cc(I)c(OCc2ccc([N+](=O)[O-])cc2)c(I)c1)c1ccco1. The fourth-order valence-corrected chi connectivity index (χ4v) is 4.42. The molecule has 0 saturated heterocycles. The van der Waals surface area contributed by atoms with Crippen molar-refractivity contribution in [1.82, 2.24) is 5.43 Å². The Kier molecular flexibility index (Phi) is 7.19. The number of amides is 1. The number of hydrogen-bond donors (Lipinski definition) is 1. The molecule has 0 bridgehead atoms. The lowest BCUT2D eigenvalue weighted by Crippen LogP contribution is -2.16. The second kappa shape index (κ2) is 9.82. The van der Waals surface area contributed by atoms with Gasteiger partial charge in [-0.3, -0.25) is 14.9 Å². The third-order valence-corrected chi connectivity index (χ3v) is 5.28. The van der Waals surface area contributed by atoms with E-state index in [1.807, 2.05) is 12.1 Å². The number of nitrogens with one attached hydrogen (secondary N) is 1. The Hall–Kier alpha value is -2.48. The molecule has 1 amide bonds. The summed E-state index contributed by atoms with van der Waals surface area (Å²) in [7, 11) is 0. The summed E-state index contributed by atoms with van der Waals surface area (Å²) in [4.78, 5) is 22.1. The van der Waals surface area contributed by atoms with Crippen molar-refractivity contribution in [3.05, 3.63) is 88.9 Å². The number of halogens is 2. The Bertz CT molecular complexity index is 1030. The molecule has 3 rings (SSSR count). The molecule has 0 aliphatic rings. The van der Waals surface area contributed by atoms with E-state index in [0.29, 0.717) is 5.75 Å². The van der Waals surface area contributed by atoms with Gasteiger partial charge in [-0.2, -0.15) is 5.10 Å². The van der Waals surface area contributed by atoms with Crippen LogP contribution in [0.3, 0.4) is 0 Å². The molecule has 0 atom stereocenters. The van der Waals surface area contributed by atoms with Crippen LogP contribution in [0.2, 0.25) is 0 Å². The summed E-state index contributed by atoms with van der Waals surface area (Å²) in [6.45, 7) is 0.288. The summed E-state index contributed by atoms with van der Waals surface area (Å²) in [5.41, 5.74) is 4.06. The predicted octanol–water partition coefficient (Wildman–Crippen LogP) is 4.74. The van der Waals surface area contributed by atoms with E-state index in [-0.39, 0.29) is 18.1 Å². The minimum Gasteiger partial charge on any atom is -0.487 e. The van der Waals surface area contributed by atoms with E-state index in [2.05, 4.69) is 55.7 Å². The lowest BCUT2D eigenvalue weighted by Gasteiger charge is -2.11. The van der Waals surface area contributed by atoms with E-state index in [1.54, 1.807) is 24.3 Å². The number of non-ortho nitro benzene ring substituents is 1. The molecule has 0 spiro atoms. The minimum atomic E-state index is -0.437. The van der Waals surface area contributed by atoms with Gasteiger partial charge >= 0.3 is 5.91 Å². The first kappa shape index (κ1) is 21.2. The van der Waals surface area contributed by atoms with E-state index in [0.717, 1.165) is 18.3 Å². The quantitative estimate of drug-likeness (QED) is 0.179. The molecule has 0 radical (unpaired) electrons. The lowest BCUT2D eigenvalue weighted by atomic mass is 10.2. The fraction of sp³-hybridized carbons (Fsp3) is 0.0526. The summed E-state index contributed by atoms with van der Waals surface area (Å²) in [6, 6.07) is 13.1. The first-order valence-corrected chi connectivity index (χ1v) is 10.3. The van der Waals surface area contributed by atoms with E-state index in [9.17, 15) is 14.9 Å². The van der Waals surface area contributed by atoms with Crippen LogP contribution in [0, 0.1) is 17.3 Å². The van der Waals surface area contributed by atoms with Crippen molar-refractivity contribution in [2.24, 2.45) is 5.10 Å². The zero-order valence-corrected chi connectivity index (χ0v) is 19.0. The van der Waals surface area contributed by atoms with Crippen LogP contribution in [-0.4, -0.2) is 17.0 Å². The number of hydrazone groups is 1. The summed E-state index contributed by atoms with van der Waals surface area (Å²) < 4.78 is 12.6. The summed E-state index contributed by atoms with van der Waals surface area (Å²) in [6.07, 6.45) is 2.95. The van der Waals surface area contributed by atoms with Crippen LogP contribution in [0.25, 0.3) is 0 Å². The molecule has 1 heterocycles. The molecule has 148 valence electrons. The molecule has 1 N–H and O–H groups in total. The third-order valence-electron chi connectivity index (χ3n) is 3.68. The van der Waals surface area contributed by atoms with Gasteiger partial charge in [0.25, 0.3) is 5.69 Å². The van der Waals surface area contributed by atoms with Gasteiger partial charge in [0.15, 0.2) is 5.76 Å². The van der Waals surface area contributed by atoms with Crippen LogP contribution in [0.5, 0.6) is 5.75 Å². The van der Waals surface area contributed by atoms with E-state index >= 15 is 0 Å². The van der Waals surface area contributed by atoms with Crippen LogP contribution < -0.4 is 10.2 Å². The van der Waals surface area contributed by atoms with Gasteiger partial charge in [0.2, 0.25) is 0 Å². The number of nitrogens with zero attached hydrogens (tertiary/aromatic N) is 2. The van der Waals surface area contributed by atoms with Crippen molar-refractivity contribution in [2.45, 2.75) is 6.61 Å². The number of benzene rings is 2. The van der Waals surface area contributed by atoms with Crippen molar-refractivity contribution in [2.75, 3.05) is 0 Å². The number of furan rings is 1. The Morgan fingerprint density at radius 3 is 2.48 bits per heavy atom. The van der Waals surface area contributed by atoms with Crippen molar-refractivity contribution in [1.29, 1.82) is 0 Å². The number of ether oxygens (including phenoxy) is 1. The van der Waals surface area contributed by atoms with Crippen LogP contribution in [0.4, 0.5) is 5.69 Å². The average molecular weight is 617 g/mol. The summed E-state index contributed by atoms with van der Waals surface area (Å²) in [5.74, 6) is 0.460. The van der Waals surface area contributed by atoms with E-state index < -0.39 is 10.8 Å². The number of nitro groups is 1. The second-order valence-electron chi connectivity index (χ2n) is 5.70. The van der Waals surface area contributed by atoms with Gasteiger partial charge in [0.1, 0.15) is 12.4 Å². The fourth-order valence-electron chi connectivity index (χ4n) is 2.29. The molecule has 1 aromatic heterocycles. The van der Waals surface area contributed by atoms with Gasteiger partial charge in [0.05, 0.1) is 24.5 Å². The molecule has 0 aliphatic carbocycles. The van der Waals surface area contributed by atoms with E-state index in [1.165, 1.54) is 24.6 Å². The van der Waals surface area contributed by atoms with Crippen molar-refractivity contribution in [3.8, 4) is 5.75 Å². The van der Waals surface area contributed by atoms with Crippen LogP contribution in [0.1, 0.15) is 21.7 Å². The highest BCUT2D eigenvalue weighted by Crippen LogP contribution is 2.29. The lowest BCUT2D eigenvalue weighted by molar-refractivity contribution is -0.384. The Morgan fingerprint density at radius 2 is 1.90 bits per heavy atom. The molecular formula is C19H13I2N3O5. The molecule has 0 fully saturated rings. The number of rotatable bonds is 7. The average Bonchev–Trinajstić information content (AvgIpc) is 3.22. The third kappa shape index (κ3) is 5.76. The summed E-state index contributed by atoms with van der Waals surface area (Å²) >= 11 is 4.32. The van der Waals surface area contributed by atoms with Crippen molar-refractivity contribution in [3.63, 3.8) is 0 Å². The van der Waals surface area contributed by atoms with Gasteiger partial charge < -0.3 is 9.15 Å². The van der Waals surface area contributed by atoms with Gasteiger partial charge in [-0.15, -0.1) is 0 Å². The molecule has 3 aromatic rings. The number of carbonyl (C=O) groups excluding carboxylic acids is 1. The van der Waals surface area contributed by atoms with Gasteiger partial charge in [-0.1, -0.05) is 0 Å². The van der Waals surface area contributed by atoms with Crippen molar-refractivity contribution >= 4 is 63.0 Å². The summed E-state index contributed by atoms with van der Waals surface area (Å²) in [5, 5.41) is 14.7. The maximum atomic E-state index is 11.8. The first-order valence-electron chi connectivity index (χ1n) is 8.16. The van der Waals surface area contributed by atoms with Gasteiger partial charge in [-0.05, 0) is 92.7 Å². The van der Waals surface area contributed by atoms with Crippen LogP contribution in [-0.2, 0) is 6.61 Å². The normalized spacial score (nSPS) is 10.8. The molecule has 2 aromatic carbocycles. The molecular weight excluding hydrogens is 604 g/mol. The van der Waals surface area contributed by atoms with Crippen molar-refractivity contribution < 1.29 is 18.9 Å². The van der Waals surface area contributed by atoms with Gasteiger partial charge in [0, 0.05) is 12.1 Å². The molecule has 0 saturated carbocycles. The molecule has 10 heteroatoms. The zero-order chi connectivity index (χ0) is 20.8. The Balaban J connectivity index is 1.63. The highest BCUT2D eigenvalue weighted by atomic mass is 127. The molecule has 8 nitrogen and oxygen atoms in total. The molecule has 0 aliphatic heterocycles.